The summed E-state index contributed by atoms with van der Waals surface area (Å²) in [6.45, 7) is 1.40. The molecule has 44 heavy (non-hydrogen) atoms. The number of hydrogen-bond donors (Lipinski definition) is 5. The van der Waals surface area contributed by atoms with Gasteiger partial charge in [-0.25, -0.2) is 20.5 Å². The van der Waals surface area contributed by atoms with Gasteiger partial charge in [0.25, 0.3) is 5.91 Å². The Hall–Kier alpha value is -6.36. The summed E-state index contributed by atoms with van der Waals surface area (Å²) in [4.78, 5) is 59.3. The summed E-state index contributed by atoms with van der Waals surface area (Å²) in [5, 5.41) is 16.6. The monoisotopic (exact) mass is 590 g/mol. The molecule has 220 valence electrons. The van der Waals surface area contributed by atoms with Crippen molar-refractivity contribution in [3.05, 3.63) is 126 Å². The second-order valence-electron chi connectivity index (χ2n) is 9.60. The lowest BCUT2D eigenvalue weighted by molar-refractivity contribution is -0.114. The molecule has 0 spiro atoms. The van der Waals surface area contributed by atoms with Crippen molar-refractivity contribution in [3.8, 4) is 5.75 Å². The molecule has 2 amide bonds. The highest BCUT2D eigenvalue weighted by molar-refractivity contribution is 6.05. The maximum Gasteiger partial charge on any atom is 0.362 e. The van der Waals surface area contributed by atoms with Crippen LogP contribution in [-0.2, 0) is 14.5 Å². The van der Waals surface area contributed by atoms with Gasteiger partial charge in [-0.1, -0.05) is 18.2 Å². The van der Waals surface area contributed by atoms with Crippen LogP contribution in [0.1, 0.15) is 38.0 Å². The van der Waals surface area contributed by atoms with Crippen molar-refractivity contribution in [2.24, 2.45) is 0 Å². The second kappa shape index (κ2) is 13.1. The highest BCUT2D eigenvalue weighted by Crippen LogP contribution is 2.22. The maximum atomic E-state index is 12.8. The Kier molecular flexibility index (Phi) is 8.67. The third-order valence-electron chi connectivity index (χ3n) is 6.29. The van der Waals surface area contributed by atoms with Gasteiger partial charge in [-0.3, -0.25) is 9.59 Å². The van der Waals surface area contributed by atoms with Gasteiger partial charge in [0.05, 0.1) is 22.5 Å². The smallest absolute Gasteiger partial charge is 0.362 e. The molecule has 0 aliphatic carbocycles. The average molecular weight is 591 g/mol. The molecule has 11 nitrogen and oxygen atoms in total. The lowest BCUT2D eigenvalue weighted by atomic mass is 10.1. The largest absolute Gasteiger partial charge is 0.508 e. The second-order valence-corrected chi connectivity index (χ2v) is 9.60. The van der Waals surface area contributed by atoms with Crippen LogP contribution in [0.15, 0.2) is 109 Å². The van der Waals surface area contributed by atoms with Crippen LogP contribution in [-0.4, -0.2) is 28.9 Å². The molecule has 0 bridgehead atoms. The standard InChI is InChI=1S/C33H26N4O7/c1-20(38)34-26-8-12-28(13-9-26)36-43-32(41)24-4-2-3-23(18-24)31(40)35-27-10-14-29(15-11-27)37-44-33(42)25-6-5-22-19-30(39)16-7-21(22)17-25/h2-19,36-37,39H,1H3,(H,34,38)(H,35,40). The van der Waals surface area contributed by atoms with E-state index in [2.05, 4.69) is 21.6 Å². The molecule has 0 atom stereocenters. The van der Waals surface area contributed by atoms with Crippen LogP contribution in [0.5, 0.6) is 5.75 Å². The summed E-state index contributed by atoms with van der Waals surface area (Å²) < 4.78 is 0. The number of carbonyl (C=O) groups excluding carboxylic acids is 4. The molecular formula is C33H26N4O7. The van der Waals surface area contributed by atoms with Gasteiger partial charge in [-0.15, -0.1) is 0 Å². The van der Waals surface area contributed by atoms with E-state index < -0.39 is 17.8 Å². The summed E-state index contributed by atoms with van der Waals surface area (Å²) in [5.74, 6) is -1.79. The summed E-state index contributed by atoms with van der Waals surface area (Å²) in [6.07, 6.45) is 0. The predicted octanol–water partition coefficient (Wildman–Crippen LogP) is 6.12. The van der Waals surface area contributed by atoms with Gasteiger partial charge >= 0.3 is 11.9 Å². The summed E-state index contributed by atoms with van der Waals surface area (Å²) in [6, 6.07) is 28.9. The molecule has 0 aromatic heterocycles. The number of amides is 2. The number of phenolic OH excluding ortho intramolecular Hbond substituents is 1. The molecule has 0 heterocycles. The normalized spacial score (nSPS) is 10.4. The number of anilines is 4. The molecule has 0 saturated heterocycles. The first-order valence-corrected chi connectivity index (χ1v) is 13.3. The topological polar surface area (TPSA) is 155 Å². The predicted molar refractivity (Wildman–Crippen MR) is 165 cm³/mol. The average Bonchev–Trinajstić information content (AvgIpc) is 3.03. The molecule has 5 aromatic rings. The summed E-state index contributed by atoms with van der Waals surface area (Å²) in [5.41, 5.74) is 7.90. The maximum absolute atomic E-state index is 12.8. The fourth-order valence-electron chi connectivity index (χ4n) is 4.13. The van der Waals surface area contributed by atoms with Crippen molar-refractivity contribution in [1.29, 1.82) is 0 Å². The van der Waals surface area contributed by atoms with Crippen LogP contribution in [0.4, 0.5) is 22.7 Å². The van der Waals surface area contributed by atoms with E-state index in [-0.39, 0.29) is 22.8 Å². The van der Waals surface area contributed by atoms with E-state index >= 15 is 0 Å². The number of benzene rings is 5. The minimum atomic E-state index is -0.696. The Bertz CT molecular complexity index is 1860. The van der Waals surface area contributed by atoms with E-state index in [0.29, 0.717) is 28.3 Å². The number of hydrogen-bond acceptors (Lipinski definition) is 9. The van der Waals surface area contributed by atoms with Gasteiger partial charge < -0.3 is 25.4 Å². The molecule has 0 aliphatic heterocycles. The van der Waals surface area contributed by atoms with E-state index in [0.717, 1.165) is 10.8 Å². The zero-order valence-electron chi connectivity index (χ0n) is 23.3. The van der Waals surface area contributed by atoms with Crippen molar-refractivity contribution >= 4 is 57.3 Å². The molecular weight excluding hydrogens is 564 g/mol. The van der Waals surface area contributed by atoms with Gasteiger partial charge in [0.2, 0.25) is 5.91 Å². The number of aromatic hydroxyl groups is 1. The third-order valence-corrected chi connectivity index (χ3v) is 6.29. The molecule has 0 radical (unpaired) electrons. The lowest BCUT2D eigenvalue weighted by Gasteiger charge is -2.10. The van der Waals surface area contributed by atoms with Crippen molar-refractivity contribution in [1.82, 2.24) is 0 Å². The van der Waals surface area contributed by atoms with Gasteiger partial charge in [0.15, 0.2) is 0 Å². The first-order chi connectivity index (χ1) is 21.2. The lowest BCUT2D eigenvalue weighted by Crippen LogP contribution is -2.15. The number of rotatable bonds is 9. The zero-order chi connectivity index (χ0) is 31.1. The number of fused-ring (bicyclic) bond motifs is 1. The minimum absolute atomic E-state index is 0.140. The van der Waals surface area contributed by atoms with E-state index in [1.807, 2.05) is 0 Å². The number of carbonyl (C=O) groups is 4. The minimum Gasteiger partial charge on any atom is -0.508 e. The van der Waals surface area contributed by atoms with Gasteiger partial charge in [0, 0.05) is 23.9 Å². The fourth-order valence-corrected chi connectivity index (χ4v) is 4.13. The molecule has 11 heteroatoms. The van der Waals surface area contributed by atoms with Crippen LogP contribution < -0.4 is 21.6 Å². The molecule has 0 aliphatic rings. The van der Waals surface area contributed by atoms with Crippen molar-refractivity contribution < 1.29 is 34.0 Å². The molecule has 5 N–H and O–H groups in total. The Labute approximate surface area is 251 Å². The number of nitrogens with one attached hydrogen (secondary N) is 4. The fraction of sp³-hybridized carbons (Fsp3) is 0.0303. The van der Waals surface area contributed by atoms with Crippen LogP contribution in [0.2, 0.25) is 0 Å². The number of phenols is 1. The Balaban J connectivity index is 1.12. The Morgan fingerprint density at radius 2 is 1.05 bits per heavy atom. The first-order valence-electron chi connectivity index (χ1n) is 13.3. The third kappa shape index (κ3) is 7.47. The van der Waals surface area contributed by atoms with E-state index in [1.165, 1.54) is 19.1 Å². The molecule has 5 aromatic carbocycles. The highest BCUT2D eigenvalue weighted by atomic mass is 16.7. The van der Waals surface area contributed by atoms with E-state index in [4.69, 9.17) is 9.68 Å². The summed E-state index contributed by atoms with van der Waals surface area (Å²) in [7, 11) is 0. The van der Waals surface area contributed by atoms with Crippen molar-refractivity contribution in [2.45, 2.75) is 6.92 Å². The quantitative estimate of drug-likeness (QED) is 0.128. The zero-order valence-corrected chi connectivity index (χ0v) is 23.3. The van der Waals surface area contributed by atoms with Crippen LogP contribution >= 0.6 is 0 Å². The molecule has 0 fully saturated rings. The molecule has 0 unspecified atom stereocenters. The summed E-state index contributed by atoms with van der Waals surface area (Å²) >= 11 is 0. The van der Waals surface area contributed by atoms with Crippen LogP contribution in [0.25, 0.3) is 10.8 Å². The first kappa shape index (κ1) is 29.1. The van der Waals surface area contributed by atoms with Gasteiger partial charge in [0.1, 0.15) is 5.75 Å². The highest BCUT2D eigenvalue weighted by Gasteiger charge is 2.13. The van der Waals surface area contributed by atoms with Gasteiger partial charge in [-0.2, -0.15) is 0 Å². The molecule has 5 rings (SSSR count). The van der Waals surface area contributed by atoms with Crippen molar-refractivity contribution in [3.63, 3.8) is 0 Å². The molecule has 0 saturated carbocycles. The van der Waals surface area contributed by atoms with E-state index in [1.54, 1.807) is 97.1 Å². The Morgan fingerprint density at radius 1 is 0.545 bits per heavy atom. The SMILES string of the molecule is CC(=O)Nc1ccc(NOC(=O)c2cccc(C(=O)Nc3ccc(NOC(=O)c4ccc5cc(O)ccc5c4)cc3)c2)cc1. The van der Waals surface area contributed by atoms with Crippen LogP contribution in [0.3, 0.4) is 0 Å². The van der Waals surface area contributed by atoms with E-state index in [9.17, 15) is 24.3 Å². The Morgan fingerprint density at radius 3 is 1.66 bits per heavy atom. The van der Waals surface area contributed by atoms with Crippen molar-refractivity contribution in [2.75, 3.05) is 21.6 Å². The van der Waals surface area contributed by atoms with Crippen LogP contribution in [0, 0.1) is 0 Å². The van der Waals surface area contributed by atoms with Gasteiger partial charge in [-0.05, 0) is 102 Å².